The van der Waals surface area contributed by atoms with Crippen LogP contribution in [0.15, 0.2) is 48.8 Å². The number of pyridine rings is 2. The Balaban J connectivity index is 1.15. The number of carbonyl (C=O) groups is 1. The van der Waals surface area contributed by atoms with Crippen LogP contribution in [0.4, 0.5) is 5.82 Å². The fraction of sp³-hybridized carbons (Fsp3) is 0.483. The summed E-state index contributed by atoms with van der Waals surface area (Å²) in [5.41, 5.74) is 3.98. The molecular weight excluding hydrogens is 436 g/mol. The first kappa shape index (κ1) is 22.6. The number of hydrogen-bond donors (Lipinski definition) is 1. The van der Waals surface area contributed by atoms with Crippen LogP contribution in [0.1, 0.15) is 61.3 Å². The molecule has 1 aromatic carbocycles. The summed E-state index contributed by atoms with van der Waals surface area (Å²) in [6, 6.07) is 12.5. The highest BCUT2D eigenvalue weighted by atomic mass is 16.5. The number of anilines is 1. The molecule has 1 saturated carbocycles. The van der Waals surface area contributed by atoms with Crippen molar-refractivity contribution in [2.24, 2.45) is 5.92 Å². The van der Waals surface area contributed by atoms with E-state index < -0.39 is 0 Å². The Morgan fingerprint density at radius 2 is 2.00 bits per heavy atom. The molecule has 3 fully saturated rings. The lowest BCUT2D eigenvalue weighted by atomic mass is 9.84. The lowest BCUT2D eigenvalue weighted by molar-refractivity contribution is -0.117. The SMILES string of the molecule is Cc1cc2cnc(NC(=O)[C@H]3C[C@@H]3c3ccccn3)cc2cc1C1CCN([C@]2(C)CCOC2)CC1. The van der Waals surface area contributed by atoms with E-state index in [0.717, 1.165) is 55.6 Å². The molecule has 182 valence electrons. The first-order chi connectivity index (χ1) is 17.0. The minimum absolute atomic E-state index is 0.0201. The van der Waals surface area contributed by atoms with Crippen molar-refractivity contribution in [3.05, 3.63) is 65.6 Å². The highest BCUT2D eigenvalue weighted by Crippen LogP contribution is 2.47. The van der Waals surface area contributed by atoms with Crippen molar-refractivity contribution >= 4 is 22.5 Å². The monoisotopic (exact) mass is 470 g/mol. The molecule has 3 aromatic rings. The van der Waals surface area contributed by atoms with Crippen LogP contribution in [-0.4, -0.2) is 52.6 Å². The molecule has 35 heavy (non-hydrogen) atoms. The Bertz CT molecular complexity index is 1230. The number of ether oxygens (including phenoxy) is 1. The van der Waals surface area contributed by atoms with Gasteiger partial charge in [-0.05, 0) is 99.3 Å². The summed E-state index contributed by atoms with van der Waals surface area (Å²) in [6.45, 7) is 8.56. The Morgan fingerprint density at radius 3 is 2.74 bits per heavy atom. The summed E-state index contributed by atoms with van der Waals surface area (Å²) < 4.78 is 5.70. The van der Waals surface area contributed by atoms with Crippen LogP contribution in [0.25, 0.3) is 10.8 Å². The topological polar surface area (TPSA) is 67.4 Å². The van der Waals surface area contributed by atoms with Gasteiger partial charge in [-0.3, -0.25) is 14.7 Å². The average Bonchev–Trinajstić information content (AvgIpc) is 3.57. The van der Waals surface area contributed by atoms with E-state index in [1.165, 1.54) is 24.0 Å². The van der Waals surface area contributed by atoms with E-state index in [1.807, 2.05) is 30.5 Å². The first-order valence-electron chi connectivity index (χ1n) is 13.0. The van der Waals surface area contributed by atoms with Gasteiger partial charge in [-0.1, -0.05) is 12.1 Å². The summed E-state index contributed by atoms with van der Waals surface area (Å²) in [7, 11) is 0. The van der Waals surface area contributed by atoms with Crippen molar-refractivity contribution in [3.8, 4) is 0 Å². The summed E-state index contributed by atoms with van der Waals surface area (Å²) >= 11 is 0. The van der Waals surface area contributed by atoms with Crippen LogP contribution >= 0.6 is 0 Å². The number of nitrogens with one attached hydrogen (secondary N) is 1. The predicted octanol–water partition coefficient (Wildman–Crippen LogP) is 5.04. The van der Waals surface area contributed by atoms with Crippen LogP contribution < -0.4 is 5.32 Å². The maximum atomic E-state index is 12.8. The zero-order valence-corrected chi connectivity index (χ0v) is 20.7. The number of piperidine rings is 1. The second-order valence-electron chi connectivity index (χ2n) is 10.9. The molecule has 6 rings (SSSR count). The summed E-state index contributed by atoms with van der Waals surface area (Å²) in [5, 5.41) is 5.32. The highest BCUT2D eigenvalue weighted by molar-refractivity contribution is 5.96. The van der Waals surface area contributed by atoms with Crippen molar-refractivity contribution in [2.45, 2.75) is 56.9 Å². The third-order valence-electron chi connectivity index (χ3n) is 8.45. The number of rotatable bonds is 5. The molecule has 6 nitrogen and oxygen atoms in total. The van der Waals surface area contributed by atoms with Gasteiger partial charge in [0.15, 0.2) is 0 Å². The maximum Gasteiger partial charge on any atom is 0.229 e. The van der Waals surface area contributed by atoms with Crippen LogP contribution in [0.3, 0.4) is 0 Å². The number of fused-ring (bicyclic) bond motifs is 1. The smallest absolute Gasteiger partial charge is 0.229 e. The molecule has 2 aliphatic heterocycles. The van der Waals surface area contributed by atoms with Gasteiger partial charge >= 0.3 is 0 Å². The third-order valence-corrected chi connectivity index (χ3v) is 8.45. The van der Waals surface area contributed by atoms with E-state index in [1.54, 1.807) is 6.20 Å². The molecule has 0 radical (unpaired) electrons. The number of nitrogens with zero attached hydrogens (tertiary/aromatic N) is 3. The number of aromatic nitrogens is 2. The van der Waals surface area contributed by atoms with E-state index >= 15 is 0 Å². The molecule has 1 amide bonds. The zero-order valence-electron chi connectivity index (χ0n) is 20.7. The van der Waals surface area contributed by atoms with Crippen LogP contribution in [0, 0.1) is 12.8 Å². The van der Waals surface area contributed by atoms with Gasteiger partial charge in [-0.25, -0.2) is 4.98 Å². The van der Waals surface area contributed by atoms with E-state index in [2.05, 4.69) is 46.2 Å². The standard InChI is InChI=1S/C29H34N4O2/c1-19-13-22-17-31-27(32-28(34)25-16-24(25)26-5-3-4-9-30-26)15-21(22)14-23(19)20-6-10-33(11-7-20)29(2)8-12-35-18-29/h3-5,9,13-15,17,20,24-25H,6-8,10-12,16,18H2,1-2H3,(H,31,32,34)/t24-,25-,29+/m0/s1. The van der Waals surface area contributed by atoms with Gasteiger partial charge in [-0.2, -0.15) is 0 Å². The minimum Gasteiger partial charge on any atom is -0.379 e. The van der Waals surface area contributed by atoms with E-state index in [-0.39, 0.29) is 23.3 Å². The average molecular weight is 471 g/mol. The Labute approximate surface area is 207 Å². The summed E-state index contributed by atoms with van der Waals surface area (Å²) in [6.07, 6.45) is 8.01. The number of amides is 1. The van der Waals surface area contributed by atoms with Gasteiger partial charge in [0.2, 0.25) is 5.91 Å². The molecule has 2 saturated heterocycles. The van der Waals surface area contributed by atoms with Crippen molar-refractivity contribution < 1.29 is 9.53 Å². The largest absolute Gasteiger partial charge is 0.379 e. The number of carbonyl (C=O) groups excluding carboxylic acids is 1. The zero-order chi connectivity index (χ0) is 24.0. The number of aryl methyl sites for hydroxylation is 1. The van der Waals surface area contributed by atoms with E-state index in [9.17, 15) is 4.79 Å². The van der Waals surface area contributed by atoms with Crippen molar-refractivity contribution in [3.63, 3.8) is 0 Å². The normalized spacial score (nSPS) is 27.3. The molecule has 4 heterocycles. The van der Waals surface area contributed by atoms with Crippen LogP contribution in [0.5, 0.6) is 0 Å². The quantitative estimate of drug-likeness (QED) is 0.566. The van der Waals surface area contributed by atoms with Crippen LogP contribution in [0.2, 0.25) is 0 Å². The summed E-state index contributed by atoms with van der Waals surface area (Å²) in [4.78, 5) is 24.4. The molecule has 3 aliphatic rings. The lowest BCUT2D eigenvalue weighted by Gasteiger charge is -2.42. The van der Waals surface area contributed by atoms with E-state index in [0.29, 0.717) is 11.7 Å². The Kier molecular flexibility index (Phi) is 5.81. The number of benzene rings is 1. The highest BCUT2D eigenvalue weighted by Gasteiger charge is 2.45. The molecular formula is C29H34N4O2. The van der Waals surface area contributed by atoms with Crippen molar-refractivity contribution in [1.29, 1.82) is 0 Å². The Morgan fingerprint density at radius 1 is 1.14 bits per heavy atom. The molecule has 1 N–H and O–H groups in total. The molecule has 0 unspecified atom stereocenters. The molecule has 6 heteroatoms. The molecule has 2 aromatic heterocycles. The number of hydrogen-bond acceptors (Lipinski definition) is 5. The fourth-order valence-electron chi connectivity index (χ4n) is 6.10. The van der Waals surface area contributed by atoms with Gasteiger partial charge in [0.05, 0.1) is 6.61 Å². The van der Waals surface area contributed by atoms with Crippen molar-refractivity contribution in [2.75, 3.05) is 31.6 Å². The Hall–Kier alpha value is -2.83. The first-order valence-corrected chi connectivity index (χ1v) is 13.0. The number of likely N-dealkylation sites (tertiary alicyclic amines) is 1. The molecule has 3 atom stereocenters. The van der Waals surface area contributed by atoms with Gasteiger partial charge in [0.1, 0.15) is 5.82 Å². The van der Waals surface area contributed by atoms with Gasteiger partial charge in [0, 0.05) is 47.5 Å². The maximum absolute atomic E-state index is 12.8. The second-order valence-corrected chi connectivity index (χ2v) is 10.9. The van der Waals surface area contributed by atoms with E-state index in [4.69, 9.17) is 4.74 Å². The minimum atomic E-state index is -0.0201. The summed E-state index contributed by atoms with van der Waals surface area (Å²) in [5.74, 6) is 1.44. The van der Waals surface area contributed by atoms with Gasteiger partial charge in [-0.15, -0.1) is 0 Å². The fourth-order valence-corrected chi connectivity index (χ4v) is 6.10. The molecule has 1 aliphatic carbocycles. The van der Waals surface area contributed by atoms with Gasteiger partial charge < -0.3 is 10.1 Å². The lowest BCUT2D eigenvalue weighted by Crippen LogP contribution is -2.50. The van der Waals surface area contributed by atoms with Crippen LogP contribution in [-0.2, 0) is 9.53 Å². The molecule has 0 bridgehead atoms. The second kappa shape index (κ2) is 8.99. The molecule has 0 spiro atoms. The predicted molar refractivity (Wildman–Crippen MR) is 138 cm³/mol. The van der Waals surface area contributed by atoms with Gasteiger partial charge in [0.25, 0.3) is 0 Å². The van der Waals surface area contributed by atoms with Crippen molar-refractivity contribution in [1.82, 2.24) is 14.9 Å². The third kappa shape index (κ3) is 4.45.